The average Bonchev–Trinajstić information content (AvgIpc) is 3.24. The Kier molecular flexibility index (Phi) is 3.07. The zero-order valence-corrected chi connectivity index (χ0v) is 13.6. The fourth-order valence-electron chi connectivity index (χ4n) is 4.18. The van der Waals surface area contributed by atoms with Crippen molar-refractivity contribution in [1.29, 1.82) is 0 Å². The normalized spacial score (nSPS) is 22.0. The molecule has 2 bridgehead atoms. The van der Waals surface area contributed by atoms with Crippen molar-refractivity contribution in [3.05, 3.63) is 64.6 Å². The largest absolute Gasteiger partial charge is 0.459 e. The van der Waals surface area contributed by atoms with Gasteiger partial charge in [0.2, 0.25) is 0 Å². The lowest BCUT2D eigenvalue weighted by Crippen LogP contribution is -2.42. The maximum atomic E-state index is 12.9. The smallest absolute Gasteiger partial charge is 0.290 e. The monoisotopic (exact) mass is 335 g/mol. The Labute approximate surface area is 143 Å². The van der Waals surface area contributed by atoms with Gasteiger partial charge in [-0.1, -0.05) is 12.1 Å². The van der Waals surface area contributed by atoms with Crippen LogP contribution in [-0.4, -0.2) is 32.4 Å². The van der Waals surface area contributed by atoms with Gasteiger partial charge in [-0.25, -0.2) is 4.98 Å². The molecule has 2 aliphatic rings. The van der Waals surface area contributed by atoms with Crippen molar-refractivity contribution in [2.45, 2.75) is 37.9 Å². The van der Waals surface area contributed by atoms with Crippen LogP contribution in [0, 0.1) is 0 Å². The summed E-state index contributed by atoms with van der Waals surface area (Å²) >= 11 is 0. The zero-order valence-electron chi connectivity index (χ0n) is 13.6. The highest BCUT2D eigenvalue weighted by molar-refractivity contribution is 5.92. The lowest BCUT2D eigenvalue weighted by Gasteiger charge is -2.26. The van der Waals surface area contributed by atoms with E-state index in [4.69, 9.17) is 9.40 Å². The molecule has 1 aromatic carbocycles. The van der Waals surface area contributed by atoms with E-state index in [1.54, 1.807) is 16.7 Å². The van der Waals surface area contributed by atoms with Crippen molar-refractivity contribution in [3.63, 3.8) is 0 Å². The summed E-state index contributed by atoms with van der Waals surface area (Å²) in [5.41, 5.74) is 0.707. The Morgan fingerprint density at radius 3 is 2.80 bits per heavy atom. The first-order valence-electron chi connectivity index (χ1n) is 8.57. The summed E-state index contributed by atoms with van der Waals surface area (Å²) in [5.74, 6) is 1.03. The maximum absolute atomic E-state index is 12.9. The van der Waals surface area contributed by atoms with Gasteiger partial charge in [-0.15, -0.1) is 0 Å². The number of carbonyl (C=O) groups is 1. The van der Waals surface area contributed by atoms with Crippen LogP contribution in [0.1, 0.15) is 29.2 Å². The molecule has 2 aliphatic heterocycles. The number of para-hydroxylation sites is 1. The Morgan fingerprint density at radius 1 is 1.12 bits per heavy atom. The average molecular weight is 335 g/mol. The summed E-state index contributed by atoms with van der Waals surface area (Å²) in [4.78, 5) is 32.4. The van der Waals surface area contributed by atoms with E-state index in [-0.39, 0.29) is 23.6 Å². The van der Waals surface area contributed by atoms with Gasteiger partial charge in [0.05, 0.1) is 23.2 Å². The van der Waals surface area contributed by atoms with E-state index < -0.39 is 0 Å². The summed E-state index contributed by atoms with van der Waals surface area (Å²) in [5, 5.41) is 0.632. The van der Waals surface area contributed by atoms with E-state index in [2.05, 4.69) is 0 Å². The molecule has 1 saturated heterocycles. The number of aromatic nitrogens is 2. The number of nitrogens with zero attached hydrogens (tertiary/aromatic N) is 3. The van der Waals surface area contributed by atoms with Crippen LogP contribution < -0.4 is 5.56 Å². The molecule has 25 heavy (non-hydrogen) atoms. The van der Waals surface area contributed by atoms with E-state index in [0.29, 0.717) is 24.1 Å². The third-order valence-corrected chi connectivity index (χ3v) is 5.34. The second-order valence-corrected chi connectivity index (χ2v) is 6.74. The van der Waals surface area contributed by atoms with Crippen molar-refractivity contribution < 1.29 is 9.21 Å². The van der Waals surface area contributed by atoms with Crippen LogP contribution in [0.25, 0.3) is 10.9 Å². The molecule has 6 heteroatoms. The number of rotatable bonds is 1. The van der Waals surface area contributed by atoms with Crippen LogP contribution in [0.15, 0.2) is 51.9 Å². The molecule has 0 unspecified atom stereocenters. The molecule has 0 saturated carbocycles. The Morgan fingerprint density at radius 2 is 1.96 bits per heavy atom. The highest BCUT2D eigenvalue weighted by Crippen LogP contribution is 2.32. The predicted molar refractivity (Wildman–Crippen MR) is 91.4 cm³/mol. The minimum absolute atomic E-state index is 0.00418. The van der Waals surface area contributed by atoms with Crippen molar-refractivity contribution in [2.75, 3.05) is 0 Å². The second kappa shape index (κ2) is 5.31. The highest BCUT2D eigenvalue weighted by Gasteiger charge is 2.41. The summed E-state index contributed by atoms with van der Waals surface area (Å²) < 4.78 is 7.06. The SMILES string of the molecule is O=C(c1ccco1)N1[C@@H]2CC[C@H]1Cc1nc3ccccc3c(=O)n1C2. The number of fused-ring (bicyclic) bond motifs is 4. The van der Waals surface area contributed by atoms with Crippen LogP contribution in [0.5, 0.6) is 0 Å². The van der Waals surface area contributed by atoms with E-state index in [9.17, 15) is 9.59 Å². The van der Waals surface area contributed by atoms with E-state index in [1.165, 1.54) is 6.26 Å². The molecule has 2 atom stereocenters. The third kappa shape index (κ3) is 2.13. The van der Waals surface area contributed by atoms with Crippen molar-refractivity contribution in [2.24, 2.45) is 0 Å². The van der Waals surface area contributed by atoms with Gasteiger partial charge < -0.3 is 9.32 Å². The Bertz CT molecular complexity index is 1020. The van der Waals surface area contributed by atoms with Crippen molar-refractivity contribution in [3.8, 4) is 0 Å². The number of amides is 1. The van der Waals surface area contributed by atoms with Gasteiger partial charge in [-0.2, -0.15) is 0 Å². The van der Waals surface area contributed by atoms with Crippen LogP contribution in [-0.2, 0) is 13.0 Å². The molecule has 1 fully saturated rings. The minimum atomic E-state index is -0.0945. The first-order chi connectivity index (χ1) is 12.2. The first kappa shape index (κ1) is 14.5. The van der Waals surface area contributed by atoms with Gasteiger partial charge >= 0.3 is 0 Å². The van der Waals surface area contributed by atoms with Crippen LogP contribution >= 0.6 is 0 Å². The summed E-state index contributed by atoms with van der Waals surface area (Å²) in [7, 11) is 0. The molecular weight excluding hydrogens is 318 g/mol. The molecule has 126 valence electrons. The first-order valence-corrected chi connectivity index (χ1v) is 8.57. The van der Waals surface area contributed by atoms with Gasteiger partial charge in [0.15, 0.2) is 5.76 Å². The van der Waals surface area contributed by atoms with Crippen LogP contribution in [0.4, 0.5) is 0 Å². The topological polar surface area (TPSA) is 68.3 Å². The van der Waals surface area contributed by atoms with E-state index >= 15 is 0 Å². The van der Waals surface area contributed by atoms with E-state index in [0.717, 1.165) is 24.2 Å². The van der Waals surface area contributed by atoms with Gasteiger partial charge in [-0.3, -0.25) is 14.2 Å². The lowest BCUT2D eigenvalue weighted by atomic mass is 10.1. The number of hydrogen-bond donors (Lipinski definition) is 0. The fourth-order valence-corrected chi connectivity index (χ4v) is 4.18. The molecule has 0 spiro atoms. The summed E-state index contributed by atoms with van der Waals surface area (Å²) in [6.45, 7) is 0.495. The molecule has 4 heterocycles. The van der Waals surface area contributed by atoms with Crippen LogP contribution in [0.2, 0.25) is 0 Å². The van der Waals surface area contributed by atoms with Crippen molar-refractivity contribution >= 4 is 16.8 Å². The fraction of sp³-hybridized carbons (Fsp3) is 0.316. The van der Waals surface area contributed by atoms with Crippen LogP contribution in [0.3, 0.4) is 0 Å². The zero-order chi connectivity index (χ0) is 17.0. The van der Waals surface area contributed by atoms with Gasteiger partial charge in [-0.05, 0) is 37.1 Å². The minimum Gasteiger partial charge on any atom is -0.459 e. The molecule has 1 amide bonds. The summed E-state index contributed by atoms with van der Waals surface area (Å²) in [6.07, 6.45) is 3.94. The van der Waals surface area contributed by atoms with Crippen molar-refractivity contribution in [1.82, 2.24) is 14.5 Å². The second-order valence-electron chi connectivity index (χ2n) is 6.74. The quantitative estimate of drug-likeness (QED) is 0.684. The number of carbonyl (C=O) groups excluding carboxylic acids is 1. The van der Waals surface area contributed by atoms with E-state index in [1.807, 2.05) is 29.2 Å². The molecule has 0 radical (unpaired) electrons. The maximum Gasteiger partial charge on any atom is 0.290 e. The highest BCUT2D eigenvalue weighted by atomic mass is 16.3. The molecule has 3 aromatic rings. The standard InChI is InChI=1S/C19H17N3O3/c23-18-14-4-1-2-5-15(14)20-17-10-12-7-8-13(11-21(17)18)22(12)19(24)16-6-3-9-25-16/h1-6,9,12-13H,7-8,10-11H2/t12-,13+/m0/s1. The lowest BCUT2D eigenvalue weighted by molar-refractivity contribution is 0.0633. The van der Waals surface area contributed by atoms with Gasteiger partial charge in [0.25, 0.3) is 11.5 Å². The van der Waals surface area contributed by atoms with Gasteiger partial charge in [0, 0.05) is 19.0 Å². The molecule has 0 N–H and O–H groups in total. The summed E-state index contributed by atoms with van der Waals surface area (Å²) in [6, 6.07) is 10.9. The number of furan rings is 1. The predicted octanol–water partition coefficient (Wildman–Crippen LogP) is 2.22. The number of hydrogen-bond acceptors (Lipinski definition) is 4. The number of benzene rings is 1. The van der Waals surface area contributed by atoms with Gasteiger partial charge in [0.1, 0.15) is 5.82 Å². The Balaban J connectivity index is 1.61. The Hall–Kier alpha value is -2.89. The third-order valence-electron chi connectivity index (χ3n) is 5.34. The molecule has 5 rings (SSSR count). The molecule has 6 nitrogen and oxygen atoms in total. The molecular formula is C19H17N3O3. The molecule has 0 aliphatic carbocycles. The molecule has 2 aromatic heterocycles.